The molecule has 0 aromatic carbocycles. The Bertz CT molecular complexity index is 328. The molecule has 0 N–H and O–H groups in total. The van der Waals surface area contributed by atoms with Crippen molar-refractivity contribution in [1.82, 2.24) is 0 Å². The van der Waals surface area contributed by atoms with Gasteiger partial charge in [-0.25, -0.2) is 4.79 Å². The maximum atomic E-state index is 11.5. The van der Waals surface area contributed by atoms with Gasteiger partial charge < -0.3 is 14.2 Å². The Labute approximate surface area is 107 Å². The van der Waals surface area contributed by atoms with E-state index >= 15 is 0 Å². The maximum absolute atomic E-state index is 11.5. The third kappa shape index (κ3) is 6.22. The molecular formula is C12H20O6. The highest BCUT2D eigenvalue weighted by atomic mass is 16.7. The van der Waals surface area contributed by atoms with Gasteiger partial charge in [-0.3, -0.25) is 9.59 Å². The quantitative estimate of drug-likeness (QED) is 0.562. The van der Waals surface area contributed by atoms with E-state index in [-0.39, 0.29) is 0 Å². The van der Waals surface area contributed by atoms with Crippen molar-refractivity contribution in [2.45, 2.75) is 53.9 Å². The highest BCUT2D eigenvalue weighted by Gasteiger charge is 2.27. The minimum Gasteiger partial charge on any atom is -0.451 e. The van der Waals surface area contributed by atoms with Crippen LogP contribution in [-0.4, -0.2) is 30.3 Å². The van der Waals surface area contributed by atoms with Gasteiger partial charge >= 0.3 is 17.9 Å². The molecule has 0 saturated carbocycles. The van der Waals surface area contributed by atoms with E-state index in [0.717, 1.165) is 0 Å². The van der Waals surface area contributed by atoms with Crippen molar-refractivity contribution in [2.75, 3.05) is 0 Å². The number of carbonyl (C=O) groups is 3. The average molecular weight is 260 g/mol. The second-order valence-corrected chi connectivity index (χ2v) is 4.91. The third-order valence-electron chi connectivity index (χ3n) is 1.84. The van der Waals surface area contributed by atoms with Crippen LogP contribution >= 0.6 is 0 Å². The standard InChI is InChI=1S/C12H20O6/c1-7(16-8(2)13)10(14)17-9(3)18-11(15)12(4,5)6/h7,9H,1-6H3. The predicted molar refractivity (Wildman–Crippen MR) is 62.3 cm³/mol. The summed E-state index contributed by atoms with van der Waals surface area (Å²) in [5.74, 6) is -1.83. The average Bonchev–Trinajstić information content (AvgIpc) is 2.14. The lowest BCUT2D eigenvalue weighted by molar-refractivity contribution is -0.197. The first kappa shape index (κ1) is 16.4. The first-order chi connectivity index (χ1) is 8.04. The van der Waals surface area contributed by atoms with E-state index in [1.54, 1.807) is 20.8 Å². The van der Waals surface area contributed by atoms with Crippen LogP contribution in [0, 0.1) is 5.41 Å². The fourth-order valence-electron chi connectivity index (χ4n) is 0.908. The van der Waals surface area contributed by atoms with Gasteiger partial charge in [-0.1, -0.05) is 0 Å². The molecule has 0 fully saturated rings. The van der Waals surface area contributed by atoms with Gasteiger partial charge in [0.1, 0.15) is 0 Å². The van der Waals surface area contributed by atoms with Crippen LogP contribution in [0.15, 0.2) is 0 Å². The number of rotatable bonds is 4. The van der Waals surface area contributed by atoms with Crippen molar-refractivity contribution in [3.8, 4) is 0 Å². The molecule has 0 aromatic heterocycles. The molecule has 0 radical (unpaired) electrons. The molecule has 0 aliphatic carbocycles. The van der Waals surface area contributed by atoms with Gasteiger partial charge in [0.2, 0.25) is 6.29 Å². The minimum absolute atomic E-state index is 0.483. The van der Waals surface area contributed by atoms with E-state index in [0.29, 0.717) is 0 Å². The molecule has 2 atom stereocenters. The fourth-order valence-corrected chi connectivity index (χ4v) is 0.908. The number of ether oxygens (including phenoxy) is 3. The molecule has 0 bridgehead atoms. The molecule has 0 spiro atoms. The molecule has 0 rings (SSSR count). The van der Waals surface area contributed by atoms with Gasteiger partial charge in [-0.15, -0.1) is 0 Å². The zero-order valence-corrected chi connectivity index (χ0v) is 11.6. The summed E-state index contributed by atoms with van der Waals surface area (Å²) in [6.07, 6.45) is -2.06. The normalized spacial score (nSPS) is 14.3. The van der Waals surface area contributed by atoms with Crippen LogP contribution in [0.1, 0.15) is 41.5 Å². The number of esters is 3. The van der Waals surface area contributed by atoms with Crippen LogP contribution in [0.5, 0.6) is 0 Å². The zero-order chi connectivity index (χ0) is 14.5. The highest BCUT2D eigenvalue weighted by molar-refractivity contribution is 5.79. The fraction of sp³-hybridized carbons (Fsp3) is 0.750. The summed E-state index contributed by atoms with van der Waals surface area (Å²) >= 11 is 0. The second-order valence-electron chi connectivity index (χ2n) is 4.91. The summed E-state index contributed by atoms with van der Waals surface area (Å²) in [5.41, 5.74) is -0.678. The molecule has 104 valence electrons. The van der Waals surface area contributed by atoms with E-state index < -0.39 is 35.7 Å². The Balaban J connectivity index is 4.24. The van der Waals surface area contributed by atoms with Crippen molar-refractivity contribution in [2.24, 2.45) is 5.41 Å². The molecule has 0 aliphatic rings. The maximum Gasteiger partial charge on any atom is 0.350 e. The minimum atomic E-state index is -1.03. The van der Waals surface area contributed by atoms with E-state index in [1.165, 1.54) is 20.8 Å². The predicted octanol–water partition coefficient (Wildman–Crippen LogP) is 1.42. The lowest BCUT2D eigenvalue weighted by Gasteiger charge is -2.21. The summed E-state index contributed by atoms with van der Waals surface area (Å²) < 4.78 is 14.4. The van der Waals surface area contributed by atoms with Crippen molar-refractivity contribution >= 4 is 17.9 Å². The molecule has 6 heteroatoms. The number of hydrogen-bond donors (Lipinski definition) is 0. The van der Waals surface area contributed by atoms with Crippen LogP contribution in [0.25, 0.3) is 0 Å². The molecule has 0 heterocycles. The van der Waals surface area contributed by atoms with E-state index in [1.807, 2.05) is 0 Å². The first-order valence-corrected chi connectivity index (χ1v) is 5.63. The van der Waals surface area contributed by atoms with Crippen molar-refractivity contribution in [3.63, 3.8) is 0 Å². The number of hydrogen-bond acceptors (Lipinski definition) is 6. The molecule has 2 unspecified atom stereocenters. The monoisotopic (exact) mass is 260 g/mol. The van der Waals surface area contributed by atoms with Gasteiger partial charge in [-0.2, -0.15) is 0 Å². The van der Waals surface area contributed by atoms with Crippen molar-refractivity contribution in [3.05, 3.63) is 0 Å². The molecular weight excluding hydrogens is 240 g/mol. The molecule has 18 heavy (non-hydrogen) atoms. The molecule has 0 amide bonds. The van der Waals surface area contributed by atoms with Crippen molar-refractivity contribution < 1.29 is 28.6 Å². The number of carbonyl (C=O) groups excluding carboxylic acids is 3. The summed E-state index contributed by atoms with van der Waals surface area (Å²) in [6.45, 7) is 9.04. The van der Waals surface area contributed by atoms with Gasteiger partial charge in [-0.05, 0) is 27.7 Å². The summed E-state index contributed by atoms with van der Waals surface area (Å²) in [5, 5.41) is 0. The van der Waals surface area contributed by atoms with Gasteiger partial charge in [0.15, 0.2) is 6.10 Å². The molecule has 0 saturated heterocycles. The summed E-state index contributed by atoms with van der Waals surface area (Å²) in [7, 11) is 0. The Kier molecular flexibility index (Phi) is 5.81. The van der Waals surface area contributed by atoms with Crippen LogP contribution in [0.3, 0.4) is 0 Å². The van der Waals surface area contributed by atoms with E-state index in [9.17, 15) is 14.4 Å². The van der Waals surface area contributed by atoms with Gasteiger partial charge in [0.25, 0.3) is 0 Å². The third-order valence-corrected chi connectivity index (χ3v) is 1.84. The lowest BCUT2D eigenvalue weighted by Crippen LogP contribution is -2.33. The van der Waals surface area contributed by atoms with E-state index in [4.69, 9.17) is 9.47 Å². The van der Waals surface area contributed by atoms with E-state index in [2.05, 4.69) is 4.74 Å². The van der Waals surface area contributed by atoms with Gasteiger partial charge in [0, 0.05) is 13.8 Å². The Hall–Kier alpha value is -1.59. The molecule has 0 aromatic rings. The Morgan fingerprint density at radius 3 is 1.83 bits per heavy atom. The van der Waals surface area contributed by atoms with Crippen molar-refractivity contribution in [1.29, 1.82) is 0 Å². The Morgan fingerprint density at radius 1 is 0.944 bits per heavy atom. The second kappa shape index (κ2) is 6.37. The van der Waals surface area contributed by atoms with Gasteiger partial charge in [0.05, 0.1) is 5.41 Å². The topological polar surface area (TPSA) is 78.9 Å². The van der Waals surface area contributed by atoms with Crippen LogP contribution in [0.4, 0.5) is 0 Å². The lowest BCUT2D eigenvalue weighted by atomic mass is 9.97. The largest absolute Gasteiger partial charge is 0.451 e. The van der Waals surface area contributed by atoms with Crippen LogP contribution < -0.4 is 0 Å². The van der Waals surface area contributed by atoms with Crippen LogP contribution in [-0.2, 0) is 28.6 Å². The smallest absolute Gasteiger partial charge is 0.350 e. The molecule has 0 aliphatic heterocycles. The Morgan fingerprint density at radius 2 is 1.44 bits per heavy atom. The SMILES string of the molecule is CC(=O)OC(C)C(=O)OC(C)OC(=O)C(C)(C)C. The highest BCUT2D eigenvalue weighted by Crippen LogP contribution is 2.16. The van der Waals surface area contributed by atoms with Crippen LogP contribution in [0.2, 0.25) is 0 Å². The summed E-state index contributed by atoms with van der Waals surface area (Å²) in [6, 6.07) is 0. The zero-order valence-electron chi connectivity index (χ0n) is 11.6. The molecule has 6 nitrogen and oxygen atoms in total. The first-order valence-electron chi connectivity index (χ1n) is 5.63. The summed E-state index contributed by atoms with van der Waals surface area (Å²) in [4.78, 5) is 33.6.